The second-order valence-corrected chi connectivity index (χ2v) is 11.5. The predicted molar refractivity (Wildman–Crippen MR) is 147 cm³/mol. The number of likely N-dealkylation sites (tertiary alicyclic amines) is 1. The third kappa shape index (κ3) is 4.02. The lowest BCUT2D eigenvalue weighted by Crippen LogP contribution is -2.50. The Hall–Kier alpha value is -3.52. The number of amidine groups is 1. The van der Waals surface area contributed by atoms with Gasteiger partial charge in [0.05, 0.1) is 11.7 Å². The molecule has 2 amide bonds. The molecule has 1 unspecified atom stereocenters. The third-order valence-corrected chi connectivity index (χ3v) is 8.84. The normalized spacial score (nSPS) is 23.0. The first-order chi connectivity index (χ1) is 18.5. The summed E-state index contributed by atoms with van der Waals surface area (Å²) in [6, 6.07) is 14.8. The molecule has 8 heteroatoms. The molecule has 1 aromatic heterocycles. The maximum Gasteiger partial charge on any atom is 0.256 e. The van der Waals surface area contributed by atoms with E-state index >= 15 is 0 Å². The van der Waals surface area contributed by atoms with E-state index in [1.165, 1.54) is 0 Å². The number of carbonyl (C=O) groups excluding carboxylic acids is 2. The SMILES string of the molecule is Cn1ncc2cc(-c3ccc(C4=NC5(CCNCC5)C(=O)N4CC4CCN(C(=O)C5CC5)C4)cc3)ccc21. The van der Waals surface area contributed by atoms with Gasteiger partial charge in [-0.1, -0.05) is 30.3 Å². The average Bonchev–Trinajstić information content (AvgIpc) is 3.51. The lowest BCUT2D eigenvalue weighted by atomic mass is 9.88. The highest BCUT2D eigenvalue weighted by Gasteiger charge is 2.49. The van der Waals surface area contributed by atoms with Gasteiger partial charge in [0.15, 0.2) is 0 Å². The fourth-order valence-corrected chi connectivity index (χ4v) is 6.40. The van der Waals surface area contributed by atoms with Crippen LogP contribution in [0.25, 0.3) is 22.0 Å². The summed E-state index contributed by atoms with van der Waals surface area (Å²) in [6.45, 7) is 3.79. The quantitative estimate of drug-likeness (QED) is 0.572. The van der Waals surface area contributed by atoms with Gasteiger partial charge < -0.3 is 10.2 Å². The van der Waals surface area contributed by atoms with E-state index in [9.17, 15) is 9.59 Å². The maximum atomic E-state index is 13.9. The first kappa shape index (κ1) is 23.6. The molecule has 196 valence electrons. The fourth-order valence-electron chi connectivity index (χ4n) is 6.40. The summed E-state index contributed by atoms with van der Waals surface area (Å²) in [7, 11) is 1.95. The van der Waals surface area contributed by atoms with Crippen LogP contribution in [0.4, 0.5) is 0 Å². The Balaban J connectivity index is 1.15. The Bertz CT molecular complexity index is 1430. The smallest absolute Gasteiger partial charge is 0.256 e. The molecule has 2 aromatic carbocycles. The summed E-state index contributed by atoms with van der Waals surface area (Å²) in [5, 5.41) is 8.86. The van der Waals surface area contributed by atoms with E-state index in [4.69, 9.17) is 4.99 Å². The van der Waals surface area contributed by atoms with Crippen molar-refractivity contribution in [3.63, 3.8) is 0 Å². The van der Waals surface area contributed by atoms with E-state index in [0.717, 1.165) is 91.7 Å². The number of aryl methyl sites for hydroxylation is 1. The number of nitrogens with zero attached hydrogens (tertiary/aromatic N) is 5. The summed E-state index contributed by atoms with van der Waals surface area (Å²) >= 11 is 0. The number of carbonyl (C=O) groups is 2. The van der Waals surface area contributed by atoms with E-state index in [2.05, 4.69) is 52.9 Å². The molecule has 1 spiro atoms. The molecule has 4 aliphatic rings. The van der Waals surface area contributed by atoms with Gasteiger partial charge in [0.25, 0.3) is 5.91 Å². The summed E-state index contributed by atoms with van der Waals surface area (Å²) in [5.74, 6) is 1.76. The highest BCUT2D eigenvalue weighted by atomic mass is 16.2. The van der Waals surface area contributed by atoms with Crippen molar-refractivity contribution >= 4 is 28.6 Å². The van der Waals surface area contributed by atoms with Crippen molar-refractivity contribution in [1.29, 1.82) is 0 Å². The maximum absolute atomic E-state index is 13.9. The Labute approximate surface area is 222 Å². The van der Waals surface area contributed by atoms with E-state index in [-0.39, 0.29) is 17.7 Å². The van der Waals surface area contributed by atoms with Gasteiger partial charge in [-0.2, -0.15) is 5.10 Å². The largest absolute Gasteiger partial charge is 0.342 e. The van der Waals surface area contributed by atoms with Crippen LogP contribution in [0.1, 0.15) is 37.7 Å². The molecule has 1 atom stereocenters. The monoisotopic (exact) mass is 510 g/mol. The number of amides is 2. The van der Waals surface area contributed by atoms with Gasteiger partial charge in [-0.25, -0.2) is 0 Å². The average molecular weight is 511 g/mol. The van der Waals surface area contributed by atoms with Crippen LogP contribution < -0.4 is 5.32 Å². The van der Waals surface area contributed by atoms with Crippen LogP contribution in [0.2, 0.25) is 0 Å². The van der Waals surface area contributed by atoms with Crippen molar-refractivity contribution in [2.75, 3.05) is 32.7 Å². The van der Waals surface area contributed by atoms with Crippen molar-refractivity contribution in [1.82, 2.24) is 24.9 Å². The molecule has 7 rings (SSSR count). The number of fused-ring (bicyclic) bond motifs is 1. The van der Waals surface area contributed by atoms with Gasteiger partial charge in [-0.3, -0.25) is 24.2 Å². The minimum absolute atomic E-state index is 0.132. The number of aromatic nitrogens is 2. The molecular formula is C30H34N6O2. The van der Waals surface area contributed by atoms with Crippen LogP contribution in [0.15, 0.2) is 53.7 Å². The Morgan fingerprint density at radius 1 is 1.03 bits per heavy atom. The van der Waals surface area contributed by atoms with Crippen molar-refractivity contribution < 1.29 is 9.59 Å². The summed E-state index contributed by atoms with van der Waals surface area (Å²) < 4.78 is 1.88. The van der Waals surface area contributed by atoms with Crippen LogP contribution in [0.3, 0.4) is 0 Å². The van der Waals surface area contributed by atoms with Gasteiger partial charge in [-0.05, 0) is 74.4 Å². The Kier molecular flexibility index (Phi) is 5.62. The lowest BCUT2D eigenvalue weighted by Gasteiger charge is -2.31. The number of nitrogens with one attached hydrogen (secondary N) is 1. The summed E-state index contributed by atoms with van der Waals surface area (Å²) in [5.41, 5.74) is 3.68. The third-order valence-electron chi connectivity index (χ3n) is 8.84. The molecule has 3 fully saturated rings. The van der Waals surface area contributed by atoms with E-state index < -0.39 is 5.54 Å². The molecular weight excluding hydrogens is 476 g/mol. The summed E-state index contributed by atoms with van der Waals surface area (Å²) in [4.78, 5) is 35.6. The zero-order valence-electron chi connectivity index (χ0n) is 21.9. The van der Waals surface area contributed by atoms with Crippen molar-refractivity contribution in [2.24, 2.45) is 23.9 Å². The Morgan fingerprint density at radius 3 is 2.53 bits per heavy atom. The van der Waals surface area contributed by atoms with E-state index in [1.54, 1.807) is 0 Å². The minimum Gasteiger partial charge on any atom is -0.342 e. The van der Waals surface area contributed by atoms with Gasteiger partial charge in [-0.15, -0.1) is 0 Å². The van der Waals surface area contributed by atoms with Gasteiger partial charge in [0.1, 0.15) is 11.4 Å². The number of aliphatic imine (C=N–C) groups is 1. The number of piperidine rings is 1. The van der Waals surface area contributed by atoms with Gasteiger partial charge >= 0.3 is 0 Å². The number of hydrogen-bond acceptors (Lipinski definition) is 5. The Morgan fingerprint density at radius 2 is 1.76 bits per heavy atom. The molecule has 4 heterocycles. The zero-order valence-corrected chi connectivity index (χ0v) is 21.9. The molecule has 1 aliphatic carbocycles. The topological polar surface area (TPSA) is 82.8 Å². The van der Waals surface area contributed by atoms with Crippen LogP contribution in [-0.2, 0) is 16.6 Å². The second-order valence-electron chi connectivity index (χ2n) is 11.5. The fraction of sp³-hybridized carbons (Fsp3) is 0.467. The molecule has 0 bridgehead atoms. The molecule has 3 aliphatic heterocycles. The number of rotatable bonds is 5. The standard InChI is InChI=1S/C30H34N6O2/c1-34-26-9-8-24(16-25(26)17-32-34)21-2-4-22(5-3-21)27-33-30(11-13-31-14-12-30)29(38)36(27)19-20-10-15-35(18-20)28(37)23-6-7-23/h2-5,8-9,16-17,20,23,31H,6-7,10-15,18-19H2,1H3. The minimum atomic E-state index is -0.660. The molecule has 0 radical (unpaired) electrons. The molecule has 8 nitrogen and oxygen atoms in total. The molecule has 1 N–H and O–H groups in total. The second kappa shape index (κ2) is 9.05. The van der Waals surface area contributed by atoms with Crippen molar-refractivity contribution in [2.45, 2.75) is 37.6 Å². The first-order valence-electron chi connectivity index (χ1n) is 13.9. The van der Waals surface area contributed by atoms with Crippen LogP contribution in [0, 0.1) is 11.8 Å². The molecule has 38 heavy (non-hydrogen) atoms. The number of benzene rings is 2. The van der Waals surface area contributed by atoms with Gasteiger partial charge in [0, 0.05) is 43.5 Å². The molecule has 3 aromatic rings. The van der Waals surface area contributed by atoms with Crippen LogP contribution in [0.5, 0.6) is 0 Å². The highest BCUT2D eigenvalue weighted by Crippen LogP contribution is 2.36. The van der Waals surface area contributed by atoms with Crippen molar-refractivity contribution in [3.8, 4) is 11.1 Å². The lowest BCUT2D eigenvalue weighted by molar-refractivity contribution is -0.132. The highest BCUT2D eigenvalue weighted by molar-refractivity contribution is 6.15. The zero-order chi connectivity index (χ0) is 25.9. The summed E-state index contributed by atoms with van der Waals surface area (Å²) in [6.07, 6.45) is 6.36. The molecule has 2 saturated heterocycles. The van der Waals surface area contributed by atoms with E-state index in [1.807, 2.05) is 27.7 Å². The van der Waals surface area contributed by atoms with Crippen molar-refractivity contribution in [3.05, 3.63) is 54.2 Å². The van der Waals surface area contributed by atoms with Crippen LogP contribution in [-0.4, -0.2) is 75.5 Å². The predicted octanol–water partition coefficient (Wildman–Crippen LogP) is 3.21. The molecule has 1 saturated carbocycles. The number of hydrogen-bond donors (Lipinski definition) is 1. The first-order valence-corrected chi connectivity index (χ1v) is 13.9. The van der Waals surface area contributed by atoms with E-state index in [0.29, 0.717) is 12.5 Å². The van der Waals surface area contributed by atoms with Crippen LogP contribution >= 0.6 is 0 Å². The van der Waals surface area contributed by atoms with Gasteiger partial charge in [0.2, 0.25) is 5.91 Å².